The van der Waals surface area contributed by atoms with E-state index in [-0.39, 0.29) is 12.1 Å². The number of nitrogens with one attached hydrogen (secondary N) is 2. The monoisotopic (exact) mass is 342 g/mol. The van der Waals surface area contributed by atoms with Crippen LogP contribution in [0.1, 0.15) is 5.56 Å². The Kier molecular flexibility index (Phi) is 5.23. The Balaban J connectivity index is 1.46. The van der Waals surface area contributed by atoms with Gasteiger partial charge < -0.3 is 25.0 Å². The van der Waals surface area contributed by atoms with E-state index >= 15 is 0 Å². The summed E-state index contributed by atoms with van der Waals surface area (Å²) in [6, 6.07) is 11.0. The smallest absolute Gasteiger partial charge is 0.315 e. The van der Waals surface area contributed by atoms with Crippen LogP contribution in [0, 0.1) is 0 Å². The Hall–Kier alpha value is -2.96. The van der Waals surface area contributed by atoms with Gasteiger partial charge in [-0.05, 0) is 18.2 Å². The highest BCUT2D eigenvalue weighted by Crippen LogP contribution is 2.30. The second-order valence-corrected chi connectivity index (χ2v) is 5.94. The predicted molar refractivity (Wildman–Crippen MR) is 95.2 cm³/mol. The van der Waals surface area contributed by atoms with Crippen LogP contribution in [0.5, 0.6) is 11.5 Å². The van der Waals surface area contributed by atoms with Gasteiger partial charge in [0.15, 0.2) is 17.6 Å². The number of amides is 2. The van der Waals surface area contributed by atoms with Crippen LogP contribution in [-0.2, 0) is 6.54 Å². The van der Waals surface area contributed by atoms with Gasteiger partial charge in [-0.1, -0.05) is 18.2 Å². The molecule has 1 aliphatic heterocycles. The number of anilines is 1. The van der Waals surface area contributed by atoms with Gasteiger partial charge in [0.25, 0.3) is 0 Å². The molecule has 0 bridgehead atoms. The molecular formula is C18H22N4O3. The molecule has 132 valence electrons. The molecule has 1 aromatic heterocycles. The first-order valence-corrected chi connectivity index (χ1v) is 8.15. The largest absolute Gasteiger partial charge is 0.486 e. The van der Waals surface area contributed by atoms with Gasteiger partial charge in [0, 0.05) is 32.4 Å². The molecule has 1 aromatic carbocycles. The van der Waals surface area contributed by atoms with Crippen molar-refractivity contribution in [1.29, 1.82) is 0 Å². The average molecular weight is 342 g/mol. The average Bonchev–Trinajstić information content (AvgIpc) is 2.64. The summed E-state index contributed by atoms with van der Waals surface area (Å²) in [6.07, 6.45) is 1.52. The number of rotatable bonds is 5. The summed E-state index contributed by atoms with van der Waals surface area (Å²) in [5.41, 5.74) is 0.953. The lowest BCUT2D eigenvalue weighted by Gasteiger charge is -2.26. The van der Waals surface area contributed by atoms with Gasteiger partial charge in [0.1, 0.15) is 12.4 Å². The number of pyridine rings is 1. The van der Waals surface area contributed by atoms with Crippen LogP contribution in [-0.4, -0.2) is 44.4 Å². The van der Waals surface area contributed by atoms with Crippen LogP contribution >= 0.6 is 0 Å². The molecule has 7 heteroatoms. The molecule has 2 aromatic rings. The molecule has 7 nitrogen and oxygen atoms in total. The summed E-state index contributed by atoms with van der Waals surface area (Å²) in [7, 11) is 3.84. The fraction of sp³-hybridized carbons (Fsp3) is 0.333. The second-order valence-electron chi connectivity index (χ2n) is 5.94. The summed E-state index contributed by atoms with van der Waals surface area (Å²) in [5.74, 6) is 2.27. The minimum atomic E-state index is -0.254. The van der Waals surface area contributed by atoms with Crippen molar-refractivity contribution >= 4 is 11.8 Å². The van der Waals surface area contributed by atoms with Crippen LogP contribution in [0.15, 0.2) is 42.6 Å². The molecular weight excluding hydrogens is 320 g/mol. The lowest BCUT2D eigenvalue weighted by atomic mass is 10.2. The molecule has 2 amide bonds. The van der Waals surface area contributed by atoms with Crippen molar-refractivity contribution in [3.63, 3.8) is 0 Å². The van der Waals surface area contributed by atoms with E-state index in [1.165, 1.54) is 0 Å². The molecule has 1 atom stereocenters. The molecule has 3 rings (SSSR count). The number of para-hydroxylation sites is 2. The maximum absolute atomic E-state index is 12.0. The lowest BCUT2D eigenvalue weighted by Crippen LogP contribution is -2.44. The summed E-state index contributed by atoms with van der Waals surface area (Å²) in [4.78, 5) is 18.3. The first-order valence-electron chi connectivity index (χ1n) is 8.15. The highest BCUT2D eigenvalue weighted by atomic mass is 16.6. The number of urea groups is 1. The SMILES string of the molecule is CN(C)c1ncccc1CNC(=O)NCC1COc2ccccc2O1. The van der Waals surface area contributed by atoms with Crippen LogP contribution in [0.3, 0.4) is 0 Å². The number of benzene rings is 1. The lowest BCUT2D eigenvalue weighted by molar-refractivity contribution is 0.0918. The number of nitrogens with zero attached hydrogens (tertiary/aromatic N) is 2. The first-order chi connectivity index (χ1) is 12.1. The van der Waals surface area contributed by atoms with Gasteiger partial charge in [0.2, 0.25) is 0 Å². The summed E-state index contributed by atoms with van der Waals surface area (Å²) < 4.78 is 11.4. The van der Waals surface area contributed by atoms with E-state index < -0.39 is 0 Å². The van der Waals surface area contributed by atoms with Crippen molar-refractivity contribution in [3.05, 3.63) is 48.2 Å². The molecule has 0 radical (unpaired) electrons. The molecule has 1 unspecified atom stereocenters. The van der Waals surface area contributed by atoms with E-state index in [0.29, 0.717) is 25.4 Å². The third kappa shape index (κ3) is 4.32. The van der Waals surface area contributed by atoms with E-state index in [1.807, 2.05) is 55.4 Å². The van der Waals surface area contributed by atoms with Crippen molar-refractivity contribution in [1.82, 2.24) is 15.6 Å². The van der Waals surface area contributed by atoms with E-state index in [1.54, 1.807) is 6.20 Å². The first kappa shape index (κ1) is 16.9. The summed E-state index contributed by atoms with van der Waals surface area (Å²) >= 11 is 0. The number of hydrogen-bond acceptors (Lipinski definition) is 5. The Morgan fingerprint density at radius 3 is 2.80 bits per heavy atom. The fourth-order valence-electron chi connectivity index (χ4n) is 2.58. The predicted octanol–water partition coefficient (Wildman–Crippen LogP) is 1.79. The van der Waals surface area contributed by atoms with Crippen LogP contribution in [0.4, 0.5) is 10.6 Å². The maximum atomic E-state index is 12.0. The van der Waals surface area contributed by atoms with Crippen molar-refractivity contribution < 1.29 is 14.3 Å². The molecule has 2 heterocycles. The molecule has 0 saturated carbocycles. The Morgan fingerprint density at radius 1 is 1.20 bits per heavy atom. The van der Waals surface area contributed by atoms with E-state index in [0.717, 1.165) is 17.1 Å². The van der Waals surface area contributed by atoms with Gasteiger partial charge in [-0.2, -0.15) is 0 Å². The number of carbonyl (C=O) groups excluding carboxylic acids is 1. The third-order valence-corrected chi connectivity index (χ3v) is 3.79. The zero-order valence-corrected chi connectivity index (χ0v) is 14.4. The zero-order valence-electron chi connectivity index (χ0n) is 14.4. The fourth-order valence-corrected chi connectivity index (χ4v) is 2.58. The normalized spacial score (nSPS) is 15.4. The second kappa shape index (κ2) is 7.74. The van der Waals surface area contributed by atoms with E-state index in [4.69, 9.17) is 9.47 Å². The van der Waals surface area contributed by atoms with Gasteiger partial charge >= 0.3 is 6.03 Å². The Bertz CT molecular complexity index is 736. The van der Waals surface area contributed by atoms with Crippen LogP contribution in [0.2, 0.25) is 0 Å². The highest BCUT2D eigenvalue weighted by Gasteiger charge is 2.21. The molecule has 0 aliphatic carbocycles. The molecule has 0 saturated heterocycles. The molecule has 0 fully saturated rings. The summed E-state index contributed by atoms with van der Waals surface area (Å²) in [6.45, 7) is 1.18. The van der Waals surface area contributed by atoms with Crippen LogP contribution < -0.4 is 25.0 Å². The third-order valence-electron chi connectivity index (χ3n) is 3.79. The number of aromatic nitrogens is 1. The Labute approximate surface area is 147 Å². The number of ether oxygens (including phenoxy) is 2. The van der Waals surface area contributed by atoms with Crippen LogP contribution in [0.25, 0.3) is 0 Å². The number of fused-ring (bicyclic) bond motifs is 1. The van der Waals surface area contributed by atoms with Gasteiger partial charge in [0.05, 0.1) is 6.54 Å². The van der Waals surface area contributed by atoms with Crippen molar-refractivity contribution in [2.45, 2.75) is 12.6 Å². The van der Waals surface area contributed by atoms with Crippen molar-refractivity contribution in [3.8, 4) is 11.5 Å². The van der Waals surface area contributed by atoms with E-state index in [2.05, 4.69) is 15.6 Å². The molecule has 1 aliphatic rings. The van der Waals surface area contributed by atoms with Gasteiger partial charge in [-0.25, -0.2) is 9.78 Å². The maximum Gasteiger partial charge on any atom is 0.315 e. The topological polar surface area (TPSA) is 75.7 Å². The van der Waals surface area contributed by atoms with E-state index in [9.17, 15) is 4.79 Å². The minimum Gasteiger partial charge on any atom is -0.486 e. The molecule has 2 N–H and O–H groups in total. The molecule has 0 spiro atoms. The van der Waals surface area contributed by atoms with Crippen molar-refractivity contribution in [2.24, 2.45) is 0 Å². The summed E-state index contributed by atoms with van der Waals surface area (Å²) in [5, 5.41) is 5.65. The Morgan fingerprint density at radius 2 is 2.00 bits per heavy atom. The standard InChI is InChI=1S/C18H22N4O3/c1-22(2)17-13(6-5-9-19-17)10-20-18(23)21-11-14-12-24-15-7-3-4-8-16(15)25-14/h3-9,14H,10-12H2,1-2H3,(H2,20,21,23). The zero-order chi connectivity index (χ0) is 17.6. The molecule has 25 heavy (non-hydrogen) atoms. The number of hydrogen-bond donors (Lipinski definition) is 2. The highest BCUT2D eigenvalue weighted by molar-refractivity contribution is 5.74. The minimum absolute atomic E-state index is 0.212. The van der Waals surface area contributed by atoms with Crippen molar-refractivity contribution in [2.75, 3.05) is 32.1 Å². The van der Waals surface area contributed by atoms with Gasteiger partial charge in [-0.15, -0.1) is 0 Å². The number of carbonyl (C=O) groups is 1. The quantitative estimate of drug-likeness (QED) is 0.866. The van der Waals surface area contributed by atoms with Gasteiger partial charge in [-0.3, -0.25) is 0 Å².